The van der Waals surface area contributed by atoms with E-state index in [-0.39, 0.29) is 18.6 Å². The van der Waals surface area contributed by atoms with Crippen LogP contribution in [0.15, 0.2) is 94.4 Å². The van der Waals surface area contributed by atoms with Gasteiger partial charge in [0, 0.05) is 45.8 Å². The fourth-order valence-electron chi connectivity index (χ4n) is 4.81. The summed E-state index contributed by atoms with van der Waals surface area (Å²) < 4.78 is 69.2. The highest BCUT2D eigenvalue weighted by Gasteiger charge is 2.26. The first-order valence-corrected chi connectivity index (χ1v) is 19.3. The molecule has 2 heterocycles. The van der Waals surface area contributed by atoms with Crippen LogP contribution in [0.2, 0.25) is 10.0 Å². The summed E-state index contributed by atoms with van der Waals surface area (Å²) in [5, 5.41) is 2.73. The van der Waals surface area contributed by atoms with E-state index >= 15 is 0 Å². The lowest BCUT2D eigenvalue weighted by Crippen LogP contribution is -2.36. The summed E-state index contributed by atoms with van der Waals surface area (Å²) in [7, 11) is -8.50. The average molecular weight is 724 g/mol. The Hall–Kier alpha value is -2.68. The zero-order valence-electron chi connectivity index (χ0n) is 23.7. The fraction of sp³-hybridized carbons (Fsp3) is 0.194. The minimum atomic E-state index is -4.38. The van der Waals surface area contributed by atoms with E-state index in [1.54, 1.807) is 12.1 Å². The van der Waals surface area contributed by atoms with Gasteiger partial charge < -0.3 is 9.45 Å². The lowest BCUT2D eigenvalue weighted by atomic mass is 10.1. The Morgan fingerprint density at radius 1 is 0.956 bits per heavy atom. The van der Waals surface area contributed by atoms with E-state index in [4.69, 9.17) is 23.2 Å². The average Bonchev–Trinajstić information content (AvgIpc) is 3.47. The van der Waals surface area contributed by atoms with Gasteiger partial charge in [-0.25, -0.2) is 8.42 Å². The predicted octanol–water partition coefficient (Wildman–Crippen LogP) is 7.26. The van der Waals surface area contributed by atoms with Crippen LogP contribution in [0.1, 0.15) is 23.4 Å². The molecular formula is C31H28Cl2N2O6S4. The number of thioether (sulfide) groups is 1. The van der Waals surface area contributed by atoms with E-state index in [1.165, 1.54) is 23.1 Å². The maximum Gasteiger partial charge on any atom is 0.264 e. The van der Waals surface area contributed by atoms with E-state index in [1.807, 2.05) is 88.4 Å². The summed E-state index contributed by atoms with van der Waals surface area (Å²) in [6.07, 6.45) is 8.27. The van der Waals surface area contributed by atoms with Gasteiger partial charge in [0.2, 0.25) is 5.52 Å². The number of hydrogen-bond donors (Lipinski definition) is 1. The number of rotatable bonds is 12. The Kier molecular flexibility index (Phi) is 10.8. The second kappa shape index (κ2) is 14.4. The van der Waals surface area contributed by atoms with Crippen molar-refractivity contribution >= 4 is 94.6 Å². The molecule has 0 atom stereocenters. The van der Waals surface area contributed by atoms with Crippen LogP contribution in [-0.4, -0.2) is 44.0 Å². The van der Waals surface area contributed by atoms with Gasteiger partial charge in [-0.15, -0.1) is 0 Å². The second-order valence-corrected chi connectivity index (χ2v) is 16.3. The molecule has 0 saturated carbocycles. The predicted molar refractivity (Wildman–Crippen MR) is 183 cm³/mol. The number of halogens is 2. The van der Waals surface area contributed by atoms with Crippen molar-refractivity contribution in [1.82, 2.24) is 0 Å². The third-order valence-corrected chi connectivity index (χ3v) is 11.1. The molecule has 0 bridgehead atoms. The third kappa shape index (κ3) is 9.43. The van der Waals surface area contributed by atoms with Gasteiger partial charge in [-0.3, -0.25) is 4.55 Å². The Labute approximate surface area is 280 Å². The summed E-state index contributed by atoms with van der Waals surface area (Å²) in [5.41, 5.74) is 3.46. The van der Waals surface area contributed by atoms with Gasteiger partial charge in [-0.1, -0.05) is 88.8 Å². The topological polar surface area (TPSA) is 119 Å². The molecule has 0 saturated heterocycles. The van der Waals surface area contributed by atoms with Gasteiger partial charge in [0.1, 0.15) is 4.70 Å². The highest BCUT2D eigenvalue weighted by atomic mass is 35.5. The minimum absolute atomic E-state index is 0.138. The minimum Gasteiger partial charge on any atom is -0.748 e. The summed E-state index contributed by atoms with van der Waals surface area (Å²) in [5.74, 6) is -0.862. The maximum absolute atomic E-state index is 11.5. The Morgan fingerprint density at radius 2 is 1.69 bits per heavy atom. The number of nitrogens with zero attached hydrogens (tertiary/aromatic N) is 2. The fourth-order valence-corrected chi connectivity index (χ4v) is 8.38. The molecule has 45 heavy (non-hydrogen) atoms. The number of aromatic nitrogens is 1. The zero-order valence-corrected chi connectivity index (χ0v) is 28.5. The number of aryl methyl sites for hydroxylation is 1. The molecule has 0 aliphatic carbocycles. The number of anilines is 1. The molecule has 0 spiro atoms. The highest BCUT2D eigenvalue weighted by molar-refractivity contribution is 8.03. The number of benzene rings is 3. The lowest BCUT2D eigenvalue weighted by Gasteiger charge is -2.20. The van der Waals surface area contributed by atoms with Gasteiger partial charge in [0.25, 0.3) is 15.1 Å². The van der Waals surface area contributed by atoms with Gasteiger partial charge in [0.05, 0.1) is 26.6 Å². The van der Waals surface area contributed by atoms with Crippen molar-refractivity contribution in [2.75, 3.05) is 23.0 Å². The monoisotopic (exact) mass is 722 g/mol. The van der Waals surface area contributed by atoms with Gasteiger partial charge in [-0.2, -0.15) is 13.0 Å². The van der Waals surface area contributed by atoms with Crippen molar-refractivity contribution in [1.29, 1.82) is 0 Å². The SMILES string of the molecule is O=S(=O)([O-])CCC[n+]1c(/C=C(/C=C2\Sc3ccc(Cl)cc3N2CCCS(=O)(=O)O)\C=C\c2ccccc2)sc2ccc(Cl)cc21. The molecule has 0 radical (unpaired) electrons. The molecule has 5 rings (SSSR count). The van der Waals surface area contributed by atoms with Crippen LogP contribution >= 0.6 is 46.3 Å². The van der Waals surface area contributed by atoms with Crippen LogP contribution in [0.5, 0.6) is 0 Å². The van der Waals surface area contributed by atoms with Crippen LogP contribution in [-0.2, 0) is 26.8 Å². The van der Waals surface area contributed by atoms with E-state index in [2.05, 4.69) is 0 Å². The van der Waals surface area contributed by atoms with Gasteiger partial charge in [-0.05, 0) is 54.0 Å². The highest BCUT2D eigenvalue weighted by Crippen LogP contribution is 2.47. The molecular weight excluding hydrogens is 696 g/mol. The van der Waals surface area contributed by atoms with Gasteiger partial charge in [0.15, 0.2) is 6.54 Å². The van der Waals surface area contributed by atoms with Crippen LogP contribution in [0.4, 0.5) is 5.69 Å². The molecule has 1 aliphatic heterocycles. The summed E-state index contributed by atoms with van der Waals surface area (Å²) >= 11 is 15.7. The maximum atomic E-state index is 11.5. The van der Waals surface area contributed by atoms with Crippen molar-refractivity contribution in [2.24, 2.45) is 0 Å². The van der Waals surface area contributed by atoms with Crippen LogP contribution in [0.25, 0.3) is 22.4 Å². The van der Waals surface area contributed by atoms with Crippen LogP contribution in [0.3, 0.4) is 0 Å². The number of hydrogen-bond acceptors (Lipinski definition) is 8. The summed E-state index contributed by atoms with van der Waals surface area (Å²) in [4.78, 5) is 2.94. The normalized spacial score (nSPS) is 15.1. The van der Waals surface area contributed by atoms with E-state index in [0.29, 0.717) is 23.1 Å². The van der Waals surface area contributed by atoms with Crippen molar-refractivity contribution in [2.45, 2.75) is 24.3 Å². The third-order valence-electron chi connectivity index (χ3n) is 6.79. The first-order chi connectivity index (χ1) is 21.3. The Balaban J connectivity index is 1.60. The van der Waals surface area contributed by atoms with Gasteiger partial charge >= 0.3 is 0 Å². The quantitative estimate of drug-likeness (QED) is 0.0923. The first-order valence-electron chi connectivity index (χ1n) is 13.8. The van der Waals surface area contributed by atoms with Crippen molar-refractivity contribution in [3.63, 3.8) is 0 Å². The van der Waals surface area contributed by atoms with Crippen molar-refractivity contribution < 1.29 is 30.5 Å². The zero-order chi connectivity index (χ0) is 32.2. The van der Waals surface area contributed by atoms with Crippen LogP contribution in [0, 0.1) is 0 Å². The number of thiazole rings is 1. The van der Waals surface area contributed by atoms with Crippen molar-refractivity contribution in [3.05, 3.63) is 110 Å². The number of allylic oxidation sites excluding steroid dienone is 3. The molecule has 0 fully saturated rings. The smallest absolute Gasteiger partial charge is 0.264 e. The van der Waals surface area contributed by atoms with Crippen molar-refractivity contribution in [3.8, 4) is 0 Å². The Morgan fingerprint density at radius 3 is 2.42 bits per heavy atom. The molecule has 236 valence electrons. The van der Waals surface area contributed by atoms with E-state index < -0.39 is 26.0 Å². The largest absolute Gasteiger partial charge is 0.748 e. The molecule has 0 unspecified atom stereocenters. The molecule has 8 nitrogen and oxygen atoms in total. The summed E-state index contributed by atoms with van der Waals surface area (Å²) in [6.45, 7) is 0.618. The number of fused-ring (bicyclic) bond motifs is 2. The standard InChI is InChI=1S/C31H28Cl2N2O6S4/c32-24-10-12-28-26(20-24)34(14-4-16-44(36,37)38)30(42-28)18-23(9-8-22-6-2-1-3-7-22)19-31-35(15-5-17-45(39,40)41)27-21-25(33)11-13-29(27)43-31/h1-3,6-13,18-21H,4-5,14-17H2,(H-,36,37,38,39,40,41)/b9-8+. The molecule has 1 aliphatic rings. The van der Waals surface area contributed by atoms with E-state index in [0.717, 1.165) is 42.0 Å². The Bertz CT molecular complexity index is 2030. The summed E-state index contributed by atoms with van der Waals surface area (Å²) in [6, 6.07) is 20.8. The van der Waals surface area contributed by atoms with Crippen LogP contribution < -0.4 is 9.47 Å². The first kappa shape index (κ1) is 33.7. The second-order valence-electron chi connectivity index (χ2n) is 10.2. The molecule has 1 aromatic heterocycles. The molecule has 3 aromatic carbocycles. The molecule has 4 aromatic rings. The van der Waals surface area contributed by atoms with E-state index in [9.17, 15) is 25.9 Å². The molecule has 1 N–H and O–H groups in total. The molecule has 14 heteroatoms. The lowest BCUT2D eigenvalue weighted by molar-refractivity contribution is -0.668. The molecule has 0 amide bonds.